The molecule has 2 N–H and O–H groups in total. The lowest BCUT2D eigenvalue weighted by Gasteiger charge is -2.15. The molecule has 194 valence electrons. The molecule has 5 aromatic rings. The third kappa shape index (κ3) is 3.75. The number of tetrazole rings is 1. The van der Waals surface area contributed by atoms with Crippen LogP contribution in [0.2, 0.25) is 5.02 Å². The highest BCUT2D eigenvalue weighted by Crippen LogP contribution is 2.39. The van der Waals surface area contributed by atoms with Crippen molar-refractivity contribution in [2.45, 2.75) is 31.7 Å². The number of fused-ring (bicyclic) bond motifs is 2. The third-order valence-electron chi connectivity index (χ3n) is 7.19. The Bertz CT molecular complexity index is 1850. The van der Waals surface area contributed by atoms with Gasteiger partial charge < -0.3 is 10.3 Å². The first-order valence-electron chi connectivity index (χ1n) is 12.2. The lowest BCUT2D eigenvalue weighted by molar-refractivity contribution is -0.115. The van der Waals surface area contributed by atoms with Crippen LogP contribution in [0.3, 0.4) is 0 Å². The van der Waals surface area contributed by atoms with Gasteiger partial charge in [0.1, 0.15) is 18.0 Å². The minimum atomic E-state index is -0.717. The summed E-state index contributed by atoms with van der Waals surface area (Å²) in [6.45, 7) is 1.97. The monoisotopic (exact) mass is 543 g/mol. The number of rotatable bonds is 4. The first kappa shape index (κ1) is 23.4. The number of amides is 1. The van der Waals surface area contributed by atoms with Gasteiger partial charge in [-0.2, -0.15) is 4.68 Å². The highest BCUT2D eigenvalue weighted by atomic mass is 35.5. The Morgan fingerprint density at radius 3 is 2.85 bits per heavy atom. The molecule has 0 spiro atoms. The second-order valence-electron chi connectivity index (χ2n) is 9.65. The summed E-state index contributed by atoms with van der Waals surface area (Å²) in [5.41, 5.74) is 3.56. The van der Waals surface area contributed by atoms with E-state index in [1.54, 1.807) is 16.8 Å². The number of nitrogens with one attached hydrogen (secondary N) is 2. The summed E-state index contributed by atoms with van der Waals surface area (Å²) in [6, 6.07) is 9.64. The molecule has 2 atom stereocenters. The Hall–Kier alpha value is -4.71. The number of halogens is 2. The zero-order chi connectivity index (χ0) is 26.8. The van der Waals surface area contributed by atoms with Crippen LogP contribution >= 0.6 is 11.6 Å². The van der Waals surface area contributed by atoms with E-state index in [4.69, 9.17) is 16.6 Å². The average Bonchev–Trinajstić information content (AvgIpc) is 3.71. The van der Waals surface area contributed by atoms with Gasteiger partial charge in [-0.3, -0.25) is 14.2 Å². The summed E-state index contributed by atoms with van der Waals surface area (Å²) in [5.74, 6) is 0.283. The van der Waals surface area contributed by atoms with Gasteiger partial charge in [0.05, 0.1) is 46.3 Å². The van der Waals surface area contributed by atoms with Gasteiger partial charge in [0, 0.05) is 17.7 Å². The SMILES string of the molecule is C[C@@H]1C[C@H](c2ncc(-c3ccc4c(c3)CC(=O)N4)[nH]2)n2c1nc(-c1c(-n3cnnn3)ccc(Cl)c1F)cc2=O. The molecule has 0 bridgehead atoms. The fraction of sp³-hybridized carbons (Fsp3) is 0.192. The molecule has 11 nitrogen and oxygen atoms in total. The number of nitrogens with zero attached hydrogens (tertiary/aromatic N) is 7. The van der Waals surface area contributed by atoms with Crippen molar-refractivity contribution < 1.29 is 9.18 Å². The molecule has 7 rings (SSSR count). The third-order valence-corrected chi connectivity index (χ3v) is 7.48. The van der Waals surface area contributed by atoms with Crippen LogP contribution in [0.15, 0.2) is 53.7 Å². The summed E-state index contributed by atoms with van der Waals surface area (Å²) < 4.78 is 18.2. The standard InChI is InChI=1S/C26H19ClFN9O2/c1-12-6-20(25-29-10-18(32-25)13-2-4-16-14(7-13)8-21(38)31-16)37-22(39)9-17(33-26(12)37)23-19(36-11-30-34-35-36)5-3-15(27)24(23)28/h2-5,7,9-12,20H,6,8H2,1H3,(H,29,32)(H,31,38)/t12-,20-/m1/s1. The molecule has 39 heavy (non-hydrogen) atoms. The number of carbonyl (C=O) groups excluding carboxylic acids is 1. The Balaban J connectivity index is 1.28. The molecule has 0 saturated heterocycles. The highest BCUT2D eigenvalue weighted by molar-refractivity contribution is 6.31. The van der Waals surface area contributed by atoms with Gasteiger partial charge in [0.15, 0.2) is 5.82 Å². The van der Waals surface area contributed by atoms with Crippen molar-refractivity contribution >= 4 is 23.2 Å². The van der Waals surface area contributed by atoms with Crippen molar-refractivity contribution in [3.05, 3.63) is 87.3 Å². The number of imidazole rings is 1. The smallest absolute Gasteiger partial charge is 0.254 e. The topological polar surface area (TPSA) is 136 Å². The molecule has 0 saturated carbocycles. The van der Waals surface area contributed by atoms with Crippen LogP contribution in [0, 0.1) is 5.82 Å². The molecular formula is C26H19ClFN9O2. The number of H-pyrrole nitrogens is 1. The van der Waals surface area contributed by atoms with Crippen LogP contribution in [-0.4, -0.2) is 45.6 Å². The molecular weight excluding hydrogens is 525 g/mol. The minimum absolute atomic E-state index is 0.0297. The molecule has 3 aromatic heterocycles. The lowest BCUT2D eigenvalue weighted by atomic mass is 10.1. The summed E-state index contributed by atoms with van der Waals surface area (Å²) in [4.78, 5) is 37.9. The predicted molar refractivity (Wildman–Crippen MR) is 139 cm³/mol. The van der Waals surface area contributed by atoms with Crippen molar-refractivity contribution in [1.82, 2.24) is 39.7 Å². The van der Waals surface area contributed by atoms with Crippen molar-refractivity contribution in [2.24, 2.45) is 0 Å². The fourth-order valence-corrected chi connectivity index (χ4v) is 5.53. The van der Waals surface area contributed by atoms with Crippen LogP contribution in [0.1, 0.15) is 42.5 Å². The van der Waals surface area contributed by atoms with Crippen molar-refractivity contribution in [1.29, 1.82) is 0 Å². The van der Waals surface area contributed by atoms with E-state index < -0.39 is 5.82 Å². The Kier molecular flexibility index (Phi) is 5.20. The average molecular weight is 544 g/mol. The van der Waals surface area contributed by atoms with E-state index in [2.05, 4.69) is 30.8 Å². The first-order chi connectivity index (χ1) is 18.9. The number of anilines is 1. The first-order valence-corrected chi connectivity index (χ1v) is 12.6. The quantitative estimate of drug-likeness (QED) is 0.353. The van der Waals surface area contributed by atoms with Crippen molar-refractivity contribution in [3.63, 3.8) is 0 Å². The highest BCUT2D eigenvalue weighted by Gasteiger charge is 2.34. The number of hydrogen-bond acceptors (Lipinski definition) is 7. The lowest BCUT2D eigenvalue weighted by Crippen LogP contribution is -2.25. The zero-order valence-corrected chi connectivity index (χ0v) is 21.1. The second kappa shape index (κ2) is 8.67. The van der Waals surface area contributed by atoms with Crippen LogP contribution < -0.4 is 10.9 Å². The molecule has 0 radical (unpaired) electrons. The Morgan fingerprint density at radius 1 is 1.15 bits per heavy atom. The molecule has 13 heteroatoms. The van der Waals surface area contributed by atoms with Gasteiger partial charge in [0.25, 0.3) is 5.56 Å². The molecule has 2 aromatic carbocycles. The Labute approximate surface area is 224 Å². The number of carbonyl (C=O) groups is 1. The van der Waals surface area contributed by atoms with E-state index in [0.29, 0.717) is 30.2 Å². The van der Waals surface area contributed by atoms with E-state index in [-0.39, 0.29) is 39.7 Å². The number of hydrogen-bond donors (Lipinski definition) is 2. The molecule has 0 fully saturated rings. The van der Waals surface area contributed by atoms with E-state index in [1.807, 2.05) is 25.1 Å². The number of aromatic nitrogens is 8. The molecule has 2 aliphatic heterocycles. The molecule has 0 unspecified atom stereocenters. The van der Waals surface area contributed by atoms with Crippen LogP contribution in [0.4, 0.5) is 10.1 Å². The van der Waals surface area contributed by atoms with Gasteiger partial charge >= 0.3 is 0 Å². The summed E-state index contributed by atoms with van der Waals surface area (Å²) in [5, 5.41) is 13.8. The summed E-state index contributed by atoms with van der Waals surface area (Å²) in [7, 11) is 0. The minimum Gasteiger partial charge on any atom is -0.340 e. The Morgan fingerprint density at radius 2 is 2.03 bits per heavy atom. The molecule has 5 heterocycles. The molecule has 0 aliphatic carbocycles. The summed E-state index contributed by atoms with van der Waals surface area (Å²) >= 11 is 6.10. The van der Waals surface area contributed by atoms with Crippen molar-refractivity contribution in [3.8, 4) is 28.2 Å². The van der Waals surface area contributed by atoms with Crippen LogP contribution in [0.5, 0.6) is 0 Å². The zero-order valence-electron chi connectivity index (χ0n) is 20.4. The van der Waals surface area contributed by atoms with E-state index in [1.165, 1.54) is 23.1 Å². The largest absolute Gasteiger partial charge is 0.340 e. The van der Waals surface area contributed by atoms with Crippen molar-refractivity contribution in [2.75, 3.05) is 5.32 Å². The maximum Gasteiger partial charge on any atom is 0.254 e. The van der Waals surface area contributed by atoms with Crippen LogP contribution in [-0.2, 0) is 11.2 Å². The normalized spacial score (nSPS) is 17.8. The molecule has 2 aliphatic rings. The van der Waals surface area contributed by atoms with E-state index >= 15 is 4.39 Å². The molecule has 1 amide bonds. The van der Waals surface area contributed by atoms with Crippen LogP contribution in [0.25, 0.3) is 28.2 Å². The van der Waals surface area contributed by atoms with Gasteiger partial charge in [-0.25, -0.2) is 14.4 Å². The van der Waals surface area contributed by atoms with Gasteiger partial charge in [-0.05, 0) is 52.2 Å². The van der Waals surface area contributed by atoms with E-state index in [0.717, 1.165) is 22.5 Å². The fourth-order valence-electron chi connectivity index (χ4n) is 5.37. The maximum absolute atomic E-state index is 15.3. The second-order valence-corrected chi connectivity index (χ2v) is 10.1. The number of benzene rings is 2. The van der Waals surface area contributed by atoms with Gasteiger partial charge in [0.2, 0.25) is 5.91 Å². The van der Waals surface area contributed by atoms with E-state index in [9.17, 15) is 9.59 Å². The van der Waals surface area contributed by atoms with Gasteiger partial charge in [-0.15, -0.1) is 5.10 Å². The maximum atomic E-state index is 15.3. The number of aromatic amines is 1. The summed E-state index contributed by atoms with van der Waals surface area (Å²) in [6.07, 6.45) is 3.97. The predicted octanol–water partition coefficient (Wildman–Crippen LogP) is 3.66. The van der Waals surface area contributed by atoms with Gasteiger partial charge in [-0.1, -0.05) is 24.6 Å².